The molecular weight excluding hydrogens is 331 g/mol. The maximum atomic E-state index is 13.8. The van der Waals surface area contributed by atoms with Gasteiger partial charge in [-0.05, 0) is 37.1 Å². The van der Waals surface area contributed by atoms with Crippen LogP contribution in [0.2, 0.25) is 0 Å². The number of benzene rings is 2. The van der Waals surface area contributed by atoms with Crippen molar-refractivity contribution >= 4 is 5.96 Å². The van der Waals surface area contributed by atoms with Gasteiger partial charge in [-0.25, -0.2) is 9.38 Å². The Balaban J connectivity index is 1.93. The Morgan fingerprint density at radius 3 is 2.69 bits per heavy atom. The standard InChI is InChI=1S/C20H23FN4O/c1-2-23-20(24-11-10-19(26)16-6-4-3-5-7-16)25-14-17-12-15(13-22)8-9-18(17)21/h3-9,12,19,26H,2,10-11,14H2,1H3,(H2,23,24,25). The largest absolute Gasteiger partial charge is 0.388 e. The van der Waals surface area contributed by atoms with Crippen molar-refractivity contribution < 1.29 is 9.50 Å². The van der Waals surface area contributed by atoms with E-state index in [-0.39, 0.29) is 12.4 Å². The molecule has 6 heteroatoms. The topological polar surface area (TPSA) is 80.4 Å². The number of hydrogen-bond acceptors (Lipinski definition) is 3. The molecule has 0 bridgehead atoms. The third-order valence-electron chi connectivity index (χ3n) is 3.82. The Hall–Kier alpha value is -2.91. The van der Waals surface area contributed by atoms with E-state index in [1.54, 1.807) is 0 Å². The second-order valence-corrected chi connectivity index (χ2v) is 5.76. The molecule has 0 saturated heterocycles. The van der Waals surface area contributed by atoms with Gasteiger partial charge in [-0.15, -0.1) is 0 Å². The molecule has 0 aliphatic rings. The summed E-state index contributed by atoms with van der Waals surface area (Å²) in [5.41, 5.74) is 1.64. The number of aliphatic imine (C=N–C) groups is 1. The molecule has 0 heterocycles. The minimum Gasteiger partial charge on any atom is -0.388 e. The van der Waals surface area contributed by atoms with Gasteiger partial charge in [-0.3, -0.25) is 0 Å². The Labute approximate surface area is 153 Å². The summed E-state index contributed by atoms with van der Waals surface area (Å²) >= 11 is 0. The van der Waals surface area contributed by atoms with E-state index in [4.69, 9.17) is 5.26 Å². The highest BCUT2D eigenvalue weighted by molar-refractivity contribution is 5.79. The van der Waals surface area contributed by atoms with Crippen LogP contribution >= 0.6 is 0 Å². The molecule has 2 aromatic rings. The van der Waals surface area contributed by atoms with Gasteiger partial charge >= 0.3 is 0 Å². The smallest absolute Gasteiger partial charge is 0.191 e. The third kappa shape index (κ3) is 5.87. The first kappa shape index (κ1) is 19.4. The minimum atomic E-state index is -0.559. The van der Waals surface area contributed by atoms with Crippen molar-refractivity contribution in [1.29, 1.82) is 5.26 Å². The van der Waals surface area contributed by atoms with E-state index >= 15 is 0 Å². The van der Waals surface area contributed by atoms with Gasteiger partial charge < -0.3 is 15.7 Å². The number of guanidine groups is 1. The van der Waals surface area contributed by atoms with Crippen LogP contribution in [0.1, 0.15) is 36.1 Å². The van der Waals surface area contributed by atoms with E-state index in [9.17, 15) is 9.50 Å². The van der Waals surface area contributed by atoms with Crippen LogP contribution in [-0.4, -0.2) is 24.2 Å². The van der Waals surface area contributed by atoms with Gasteiger partial charge in [-0.1, -0.05) is 30.3 Å². The predicted molar refractivity (Wildman–Crippen MR) is 100.0 cm³/mol. The van der Waals surface area contributed by atoms with Crippen LogP contribution in [0.5, 0.6) is 0 Å². The zero-order valence-electron chi connectivity index (χ0n) is 14.7. The predicted octanol–water partition coefficient (Wildman–Crippen LogP) is 2.88. The van der Waals surface area contributed by atoms with Crippen molar-refractivity contribution in [3.63, 3.8) is 0 Å². The van der Waals surface area contributed by atoms with Crippen molar-refractivity contribution in [3.05, 3.63) is 71.0 Å². The number of halogens is 1. The molecule has 2 aromatic carbocycles. The summed E-state index contributed by atoms with van der Waals surface area (Å²) in [6, 6.07) is 15.7. The summed E-state index contributed by atoms with van der Waals surface area (Å²) in [5, 5.41) is 25.3. The average Bonchev–Trinajstić information content (AvgIpc) is 2.67. The number of nitrogens with zero attached hydrogens (tertiary/aromatic N) is 2. The van der Waals surface area contributed by atoms with Gasteiger partial charge in [0.05, 0.1) is 24.3 Å². The highest BCUT2D eigenvalue weighted by Gasteiger charge is 2.08. The van der Waals surface area contributed by atoms with Crippen molar-refractivity contribution in [2.45, 2.75) is 26.0 Å². The van der Waals surface area contributed by atoms with E-state index in [2.05, 4.69) is 15.6 Å². The number of aliphatic hydroxyl groups excluding tert-OH is 1. The van der Waals surface area contributed by atoms with Crippen LogP contribution in [-0.2, 0) is 6.54 Å². The molecule has 26 heavy (non-hydrogen) atoms. The minimum absolute atomic E-state index is 0.123. The van der Waals surface area contributed by atoms with Crippen LogP contribution in [0.4, 0.5) is 4.39 Å². The lowest BCUT2D eigenvalue weighted by atomic mass is 10.1. The van der Waals surface area contributed by atoms with Gasteiger partial charge in [0, 0.05) is 18.7 Å². The molecule has 0 aliphatic carbocycles. The molecule has 1 atom stereocenters. The van der Waals surface area contributed by atoms with Gasteiger partial charge in [0.2, 0.25) is 0 Å². The molecule has 0 saturated carbocycles. The first-order valence-electron chi connectivity index (χ1n) is 8.57. The van der Waals surface area contributed by atoms with Crippen LogP contribution in [0.15, 0.2) is 53.5 Å². The van der Waals surface area contributed by atoms with E-state index in [0.717, 1.165) is 5.56 Å². The molecule has 0 aromatic heterocycles. The quantitative estimate of drug-likeness (QED) is 0.528. The van der Waals surface area contributed by atoms with Crippen LogP contribution in [0, 0.1) is 17.1 Å². The SMILES string of the molecule is CCNC(=NCc1cc(C#N)ccc1F)NCCC(O)c1ccccc1. The lowest BCUT2D eigenvalue weighted by Gasteiger charge is -2.14. The van der Waals surface area contributed by atoms with E-state index < -0.39 is 6.10 Å². The van der Waals surface area contributed by atoms with E-state index in [1.165, 1.54) is 18.2 Å². The van der Waals surface area contributed by atoms with Crippen molar-refractivity contribution in [2.24, 2.45) is 4.99 Å². The molecule has 1 unspecified atom stereocenters. The van der Waals surface area contributed by atoms with Crippen LogP contribution in [0.25, 0.3) is 0 Å². The lowest BCUT2D eigenvalue weighted by Crippen LogP contribution is -2.38. The monoisotopic (exact) mass is 354 g/mol. The zero-order chi connectivity index (χ0) is 18.8. The summed E-state index contributed by atoms with van der Waals surface area (Å²) in [6.45, 7) is 3.24. The molecule has 0 radical (unpaired) electrons. The van der Waals surface area contributed by atoms with E-state index in [0.29, 0.717) is 36.6 Å². The van der Waals surface area contributed by atoms with Gasteiger partial charge in [0.1, 0.15) is 5.82 Å². The molecule has 0 fully saturated rings. The lowest BCUT2D eigenvalue weighted by molar-refractivity contribution is 0.168. The molecule has 5 nitrogen and oxygen atoms in total. The summed E-state index contributed by atoms with van der Waals surface area (Å²) in [4.78, 5) is 4.35. The molecule has 0 spiro atoms. The fourth-order valence-corrected chi connectivity index (χ4v) is 2.44. The number of nitriles is 1. The normalized spacial score (nSPS) is 12.3. The Bertz CT molecular complexity index is 771. The Kier molecular flexibility index (Phi) is 7.59. The van der Waals surface area contributed by atoms with Gasteiger partial charge in [0.25, 0.3) is 0 Å². The second-order valence-electron chi connectivity index (χ2n) is 5.76. The maximum Gasteiger partial charge on any atom is 0.191 e. The van der Waals surface area contributed by atoms with Crippen molar-refractivity contribution in [1.82, 2.24) is 10.6 Å². The Morgan fingerprint density at radius 1 is 1.23 bits per heavy atom. The maximum absolute atomic E-state index is 13.8. The zero-order valence-corrected chi connectivity index (χ0v) is 14.7. The second kappa shape index (κ2) is 10.2. The number of hydrogen-bond donors (Lipinski definition) is 3. The highest BCUT2D eigenvalue weighted by Crippen LogP contribution is 2.15. The summed E-state index contributed by atoms with van der Waals surface area (Å²) in [7, 11) is 0. The van der Waals surface area contributed by atoms with E-state index in [1.807, 2.05) is 43.3 Å². The highest BCUT2D eigenvalue weighted by atomic mass is 19.1. The van der Waals surface area contributed by atoms with Crippen molar-refractivity contribution in [3.8, 4) is 6.07 Å². The fourth-order valence-electron chi connectivity index (χ4n) is 2.44. The molecule has 0 amide bonds. The molecular formula is C20H23FN4O. The molecule has 2 rings (SSSR count). The number of aliphatic hydroxyl groups is 1. The van der Waals surface area contributed by atoms with Crippen LogP contribution in [0.3, 0.4) is 0 Å². The average molecular weight is 354 g/mol. The molecule has 0 aliphatic heterocycles. The third-order valence-corrected chi connectivity index (χ3v) is 3.82. The summed E-state index contributed by atoms with van der Waals surface area (Å²) in [6.07, 6.45) is -0.0384. The van der Waals surface area contributed by atoms with Gasteiger partial charge in [-0.2, -0.15) is 5.26 Å². The Morgan fingerprint density at radius 2 is 2.00 bits per heavy atom. The molecule has 3 N–H and O–H groups in total. The number of nitrogens with one attached hydrogen (secondary N) is 2. The summed E-state index contributed by atoms with van der Waals surface area (Å²) < 4.78 is 13.8. The first-order valence-corrected chi connectivity index (χ1v) is 8.57. The van der Waals surface area contributed by atoms with Crippen LogP contribution < -0.4 is 10.6 Å². The van der Waals surface area contributed by atoms with Crippen molar-refractivity contribution in [2.75, 3.05) is 13.1 Å². The first-order chi connectivity index (χ1) is 12.6. The van der Waals surface area contributed by atoms with Gasteiger partial charge in [0.15, 0.2) is 5.96 Å². The number of rotatable bonds is 7. The summed E-state index contributed by atoms with van der Waals surface area (Å²) in [5.74, 6) is 0.151. The fraction of sp³-hybridized carbons (Fsp3) is 0.300. The molecule has 136 valence electrons.